The average molecular weight is 382 g/mol. The number of hydrogen-bond acceptors (Lipinski definition) is 5. The van der Waals surface area contributed by atoms with Crippen LogP contribution in [0, 0.1) is 6.92 Å². The second-order valence-corrected chi connectivity index (χ2v) is 5.94. The molecule has 11 heteroatoms. The molecule has 3 aromatic heterocycles. The Balaban J connectivity index is 1.98. The zero-order chi connectivity index (χ0) is 19.8. The van der Waals surface area contributed by atoms with Crippen LogP contribution in [-0.2, 0) is 18.0 Å². The number of aryl methyl sites for hydroxylation is 2. The molecule has 0 radical (unpaired) electrons. The van der Waals surface area contributed by atoms with Crippen molar-refractivity contribution in [3.8, 4) is 0 Å². The third-order valence-corrected chi connectivity index (χ3v) is 3.99. The summed E-state index contributed by atoms with van der Waals surface area (Å²) in [5.74, 6) is -0.612. The highest BCUT2D eigenvalue weighted by atomic mass is 19.4. The molecular formula is C16H17F3N6O2. The first-order chi connectivity index (χ1) is 12.7. The van der Waals surface area contributed by atoms with Crippen LogP contribution in [0.5, 0.6) is 0 Å². The molecule has 3 rings (SSSR count). The highest BCUT2D eigenvalue weighted by molar-refractivity contribution is 5.99. The molecule has 0 aromatic carbocycles. The lowest BCUT2D eigenvalue weighted by atomic mass is 10.2. The number of nitrogens with zero attached hydrogens (tertiary/aromatic N) is 5. The van der Waals surface area contributed by atoms with E-state index in [2.05, 4.69) is 20.5 Å². The van der Waals surface area contributed by atoms with Gasteiger partial charge in [0.2, 0.25) is 0 Å². The topological polar surface area (TPSA) is 86.3 Å². The Labute approximate surface area is 151 Å². The van der Waals surface area contributed by atoms with Crippen LogP contribution in [-0.4, -0.2) is 44.0 Å². The van der Waals surface area contributed by atoms with E-state index >= 15 is 0 Å². The number of hydrogen-bond donors (Lipinski definition) is 1. The van der Waals surface area contributed by atoms with Gasteiger partial charge in [-0.1, -0.05) is 0 Å². The van der Waals surface area contributed by atoms with Gasteiger partial charge in [-0.25, -0.2) is 9.50 Å². The third kappa shape index (κ3) is 3.63. The lowest BCUT2D eigenvalue weighted by Crippen LogP contribution is -2.32. The summed E-state index contributed by atoms with van der Waals surface area (Å²) in [7, 11) is 3.19. The van der Waals surface area contributed by atoms with Gasteiger partial charge in [-0.05, 0) is 19.1 Å². The largest absolute Gasteiger partial charge is 0.433 e. The van der Waals surface area contributed by atoms with E-state index in [1.165, 1.54) is 14.0 Å². The second kappa shape index (κ2) is 6.99. The zero-order valence-electron chi connectivity index (χ0n) is 14.8. The number of amides is 1. The van der Waals surface area contributed by atoms with Crippen LogP contribution in [0.1, 0.15) is 33.5 Å². The Bertz CT molecular complexity index is 978. The van der Waals surface area contributed by atoms with Gasteiger partial charge >= 0.3 is 6.18 Å². The molecule has 0 aliphatic carbocycles. The molecule has 0 bridgehead atoms. The molecule has 1 amide bonds. The summed E-state index contributed by atoms with van der Waals surface area (Å²) < 4.78 is 47.0. The minimum Gasteiger partial charge on any atom is -0.382 e. The minimum atomic E-state index is -4.63. The SMILES string of the molecule is COCC(NC(=O)c1cnn2c(C(F)(F)F)cc(C)nc12)c1ccnn1C. The molecule has 1 unspecified atom stereocenters. The van der Waals surface area contributed by atoms with E-state index in [1.807, 2.05) is 0 Å². The van der Waals surface area contributed by atoms with Crippen LogP contribution in [0.15, 0.2) is 24.5 Å². The van der Waals surface area contributed by atoms with Crippen LogP contribution in [0.2, 0.25) is 0 Å². The molecule has 0 saturated heterocycles. The maximum atomic E-state index is 13.2. The quantitative estimate of drug-likeness (QED) is 0.729. The van der Waals surface area contributed by atoms with Crippen LogP contribution in [0.4, 0.5) is 13.2 Å². The van der Waals surface area contributed by atoms with E-state index in [4.69, 9.17) is 4.74 Å². The number of aromatic nitrogens is 5. The van der Waals surface area contributed by atoms with Crippen LogP contribution in [0.25, 0.3) is 5.65 Å². The van der Waals surface area contributed by atoms with E-state index in [0.29, 0.717) is 10.2 Å². The molecule has 0 saturated carbocycles. The standard InChI is InChI=1S/C16H17F3N6O2/c1-9-6-13(16(17,18)19)25-14(22-9)10(7-21-25)15(26)23-11(8-27-3)12-4-5-20-24(12)2/h4-7,11H,8H2,1-3H3,(H,23,26). The van der Waals surface area contributed by atoms with Crippen molar-refractivity contribution in [1.29, 1.82) is 0 Å². The first-order valence-corrected chi connectivity index (χ1v) is 7.92. The highest BCUT2D eigenvalue weighted by Gasteiger charge is 2.35. The number of nitrogens with one attached hydrogen (secondary N) is 1. The molecule has 0 fully saturated rings. The van der Waals surface area contributed by atoms with E-state index in [9.17, 15) is 18.0 Å². The fourth-order valence-corrected chi connectivity index (χ4v) is 2.78. The van der Waals surface area contributed by atoms with Gasteiger partial charge in [0.05, 0.1) is 24.5 Å². The number of fused-ring (bicyclic) bond motifs is 1. The Kier molecular flexibility index (Phi) is 4.87. The predicted molar refractivity (Wildman–Crippen MR) is 88.0 cm³/mol. The molecule has 144 valence electrons. The molecule has 0 aliphatic heterocycles. The second-order valence-electron chi connectivity index (χ2n) is 5.94. The fourth-order valence-electron chi connectivity index (χ4n) is 2.78. The third-order valence-electron chi connectivity index (χ3n) is 3.99. The molecule has 0 aliphatic rings. The Morgan fingerprint density at radius 1 is 1.37 bits per heavy atom. The van der Waals surface area contributed by atoms with Gasteiger partial charge < -0.3 is 10.1 Å². The fraction of sp³-hybridized carbons (Fsp3) is 0.375. The van der Waals surface area contributed by atoms with Crippen molar-refractivity contribution in [1.82, 2.24) is 29.7 Å². The normalized spacial score (nSPS) is 13.1. The smallest absolute Gasteiger partial charge is 0.382 e. The van der Waals surface area contributed by atoms with Crippen LogP contribution in [0.3, 0.4) is 0 Å². The zero-order valence-corrected chi connectivity index (χ0v) is 14.8. The van der Waals surface area contributed by atoms with Gasteiger partial charge in [0.15, 0.2) is 5.65 Å². The molecule has 1 N–H and O–H groups in total. The monoisotopic (exact) mass is 382 g/mol. The first-order valence-electron chi connectivity index (χ1n) is 7.92. The Morgan fingerprint density at radius 2 is 2.11 bits per heavy atom. The summed E-state index contributed by atoms with van der Waals surface area (Å²) in [6.07, 6.45) is -1.99. The van der Waals surface area contributed by atoms with Gasteiger partial charge in [-0.2, -0.15) is 23.4 Å². The summed E-state index contributed by atoms with van der Waals surface area (Å²) in [5, 5.41) is 10.5. The number of halogens is 3. The van der Waals surface area contributed by atoms with Gasteiger partial charge in [0.25, 0.3) is 5.91 Å². The summed E-state index contributed by atoms with van der Waals surface area (Å²) in [5.41, 5.74) is -0.413. The van der Waals surface area contributed by atoms with Crippen molar-refractivity contribution in [2.24, 2.45) is 7.05 Å². The lowest BCUT2D eigenvalue weighted by molar-refractivity contribution is -0.142. The number of rotatable bonds is 5. The molecule has 3 aromatic rings. The highest BCUT2D eigenvalue weighted by Crippen LogP contribution is 2.30. The van der Waals surface area contributed by atoms with Crippen LogP contribution >= 0.6 is 0 Å². The molecular weight excluding hydrogens is 365 g/mol. The number of methoxy groups -OCH3 is 1. The average Bonchev–Trinajstić information content (AvgIpc) is 3.18. The molecule has 1 atom stereocenters. The van der Waals surface area contributed by atoms with Crippen LogP contribution < -0.4 is 5.32 Å². The van der Waals surface area contributed by atoms with Gasteiger partial charge in [0.1, 0.15) is 11.3 Å². The summed E-state index contributed by atoms with van der Waals surface area (Å²) in [6, 6.07) is 2.05. The maximum absolute atomic E-state index is 13.2. The Hall–Kier alpha value is -2.95. The van der Waals surface area contributed by atoms with E-state index in [-0.39, 0.29) is 23.5 Å². The summed E-state index contributed by atoms with van der Waals surface area (Å²) >= 11 is 0. The van der Waals surface area contributed by atoms with Gasteiger partial charge in [-0.3, -0.25) is 9.48 Å². The predicted octanol–water partition coefficient (Wildman–Crippen LogP) is 1.91. The van der Waals surface area contributed by atoms with Gasteiger partial charge in [-0.15, -0.1) is 0 Å². The molecule has 0 spiro atoms. The van der Waals surface area contributed by atoms with Crippen molar-refractivity contribution in [2.45, 2.75) is 19.1 Å². The van der Waals surface area contributed by atoms with E-state index < -0.39 is 23.8 Å². The minimum absolute atomic E-state index is 0.0625. The van der Waals surface area contributed by atoms with Crippen molar-refractivity contribution < 1.29 is 22.7 Å². The van der Waals surface area contributed by atoms with Crippen molar-refractivity contribution in [3.63, 3.8) is 0 Å². The van der Waals surface area contributed by atoms with E-state index in [0.717, 1.165) is 12.3 Å². The van der Waals surface area contributed by atoms with Crippen molar-refractivity contribution >= 4 is 11.6 Å². The summed E-state index contributed by atoms with van der Waals surface area (Å²) in [6.45, 7) is 1.58. The summed E-state index contributed by atoms with van der Waals surface area (Å²) in [4.78, 5) is 16.8. The Morgan fingerprint density at radius 3 is 2.70 bits per heavy atom. The van der Waals surface area contributed by atoms with E-state index in [1.54, 1.807) is 24.0 Å². The van der Waals surface area contributed by atoms with Crippen molar-refractivity contribution in [3.05, 3.63) is 47.2 Å². The number of carbonyl (C=O) groups excluding carboxylic acids is 1. The van der Waals surface area contributed by atoms with Gasteiger partial charge in [0, 0.05) is 26.0 Å². The first kappa shape index (κ1) is 18.8. The number of alkyl halides is 3. The molecule has 3 heterocycles. The number of ether oxygens (including phenoxy) is 1. The van der Waals surface area contributed by atoms with Crippen molar-refractivity contribution in [2.75, 3.05) is 13.7 Å². The number of carbonyl (C=O) groups is 1. The molecule has 8 nitrogen and oxygen atoms in total. The maximum Gasteiger partial charge on any atom is 0.433 e. The molecule has 27 heavy (non-hydrogen) atoms. The lowest BCUT2D eigenvalue weighted by Gasteiger charge is -2.18.